The molecule has 2 N–H and O–H groups in total. The summed E-state index contributed by atoms with van der Waals surface area (Å²) in [6.07, 6.45) is 2.56. The van der Waals surface area contributed by atoms with Crippen molar-refractivity contribution in [1.82, 2.24) is 15.1 Å². The Labute approximate surface area is 166 Å². The summed E-state index contributed by atoms with van der Waals surface area (Å²) in [6.45, 7) is 0. The number of aromatic nitrogens is 2. The lowest BCUT2D eigenvalue weighted by Gasteiger charge is -2.13. The van der Waals surface area contributed by atoms with Crippen molar-refractivity contribution in [1.29, 1.82) is 0 Å². The molecule has 5 nitrogen and oxygen atoms in total. The van der Waals surface area contributed by atoms with E-state index in [2.05, 4.69) is 10.4 Å². The van der Waals surface area contributed by atoms with Gasteiger partial charge in [0.2, 0.25) is 0 Å². The Balaban J connectivity index is 1.70. The monoisotopic (exact) mass is 399 g/mol. The van der Waals surface area contributed by atoms with Crippen LogP contribution >= 0.6 is 23.4 Å². The SMILES string of the molecule is O=C(O)C1CSC(Cc2cnn(-c3ccccc3)c2-c2ccc(Cl)cc2)N1. The highest BCUT2D eigenvalue weighted by Crippen LogP contribution is 2.31. The van der Waals surface area contributed by atoms with Crippen LogP contribution in [0.5, 0.6) is 0 Å². The average molecular weight is 400 g/mol. The van der Waals surface area contributed by atoms with Gasteiger partial charge in [0.15, 0.2) is 0 Å². The number of aliphatic carboxylic acids is 1. The molecule has 7 heteroatoms. The van der Waals surface area contributed by atoms with Gasteiger partial charge < -0.3 is 5.11 Å². The second-order valence-corrected chi connectivity index (χ2v) is 8.03. The Hall–Kier alpha value is -2.28. The summed E-state index contributed by atoms with van der Waals surface area (Å²) in [5.74, 6) is -0.230. The molecule has 3 aromatic rings. The van der Waals surface area contributed by atoms with Crippen molar-refractivity contribution in [2.75, 3.05) is 5.75 Å². The van der Waals surface area contributed by atoms with Gasteiger partial charge in [-0.05, 0) is 24.3 Å². The molecule has 1 aliphatic rings. The minimum Gasteiger partial charge on any atom is -0.480 e. The van der Waals surface area contributed by atoms with Crippen molar-refractivity contribution in [2.24, 2.45) is 0 Å². The summed E-state index contributed by atoms with van der Waals surface area (Å²) in [5, 5.41) is 17.7. The number of rotatable bonds is 5. The quantitative estimate of drug-likeness (QED) is 0.682. The van der Waals surface area contributed by atoms with Gasteiger partial charge in [-0.25, -0.2) is 4.68 Å². The van der Waals surface area contributed by atoms with Gasteiger partial charge in [0.25, 0.3) is 0 Å². The van der Waals surface area contributed by atoms with Crippen molar-refractivity contribution in [2.45, 2.75) is 17.8 Å². The molecule has 0 radical (unpaired) electrons. The molecule has 138 valence electrons. The molecule has 1 fully saturated rings. The number of benzene rings is 2. The maximum absolute atomic E-state index is 11.2. The molecule has 2 atom stereocenters. The van der Waals surface area contributed by atoms with Crippen LogP contribution in [0.2, 0.25) is 5.02 Å². The van der Waals surface area contributed by atoms with Gasteiger partial charge >= 0.3 is 5.97 Å². The average Bonchev–Trinajstić information content (AvgIpc) is 3.31. The fourth-order valence-electron chi connectivity index (χ4n) is 3.21. The van der Waals surface area contributed by atoms with Crippen LogP contribution in [0.1, 0.15) is 5.56 Å². The smallest absolute Gasteiger partial charge is 0.321 e. The van der Waals surface area contributed by atoms with Crippen molar-refractivity contribution in [3.63, 3.8) is 0 Å². The zero-order valence-electron chi connectivity index (χ0n) is 14.4. The number of nitrogens with one attached hydrogen (secondary N) is 1. The largest absolute Gasteiger partial charge is 0.480 e. The zero-order chi connectivity index (χ0) is 18.8. The van der Waals surface area contributed by atoms with Crippen molar-refractivity contribution in [3.05, 3.63) is 71.4 Å². The van der Waals surface area contributed by atoms with Crippen LogP contribution in [0.4, 0.5) is 0 Å². The molecule has 1 aliphatic heterocycles. The molecular weight excluding hydrogens is 382 g/mol. The molecule has 27 heavy (non-hydrogen) atoms. The highest BCUT2D eigenvalue weighted by molar-refractivity contribution is 8.00. The first-order valence-electron chi connectivity index (χ1n) is 8.60. The fourth-order valence-corrected chi connectivity index (χ4v) is 4.55. The molecule has 0 aliphatic carbocycles. The van der Waals surface area contributed by atoms with Crippen molar-refractivity contribution >= 4 is 29.3 Å². The van der Waals surface area contributed by atoms with Gasteiger partial charge in [0.1, 0.15) is 6.04 Å². The summed E-state index contributed by atoms with van der Waals surface area (Å²) in [5.41, 5.74) is 4.06. The lowest BCUT2D eigenvalue weighted by atomic mass is 10.1. The predicted octanol–water partition coefficient (Wildman–Crippen LogP) is 3.85. The van der Waals surface area contributed by atoms with Gasteiger partial charge in [-0.15, -0.1) is 11.8 Å². The third kappa shape index (κ3) is 3.88. The van der Waals surface area contributed by atoms with E-state index < -0.39 is 12.0 Å². The van der Waals surface area contributed by atoms with E-state index in [1.807, 2.05) is 65.5 Å². The number of hydrogen-bond donors (Lipinski definition) is 2. The Morgan fingerprint density at radius 2 is 1.96 bits per heavy atom. The number of halogens is 1. The summed E-state index contributed by atoms with van der Waals surface area (Å²) in [6, 6.07) is 17.2. The van der Waals surface area contributed by atoms with Gasteiger partial charge in [-0.2, -0.15) is 5.10 Å². The Morgan fingerprint density at radius 1 is 1.22 bits per heavy atom. The van der Waals surface area contributed by atoms with E-state index in [0.717, 1.165) is 22.5 Å². The first-order valence-corrected chi connectivity index (χ1v) is 10.0. The maximum atomic E-state index is 11.2. The predicted molar refractivity (Wildman–Crippen MR) is 109 cm³/mol. The van der Waals surface area contributed by atoms with E-state index in [0.29, 0.717) is 17.2 Å². The van der Waals surface area contributed by atoms with Crippen LogP contribution < -0.4 is 5.32 Å². The van der Waals surface area contributed by atoms with Crippen molar-refractivity contribution < 1.29 is 9.90 Å². The van der Waals surface area contributed by atoms with Crippen LogP contribution in [-0.4, -0.2) is 38.0 Å². The van der Waals surface area contributed by atoms with E-state index in [4.69, 9.17) is 11.6 Å². The molecule has 2 heterocycles. The lowest BCUT2D eigenvalue weighted by molar-refractivity contribution is -0.138. The molecule has 0 bridgehead atoms. The van der Waals surface area contributed by atoms with E-state index in [-0.39, 0.29) is 5.37 Å². The highest BCUT2D eigenvalue weighted by Gasteiger charge is 2.30. The molecule has 0 amide bonds. The molecule has 1 saturated heterocycles. The summed E-state index contributed by atoms with van der Waals surface area (Å²) < 4.78 is 1.92. The van der Waals surface area contributed by atoms with Crippen molar-refractivity contribution in [3.8, 4) is 16.9 Å². The van der Waals surface area contributed by atoms with E-state index in [1.165, 1.54) is 0 Å². The normalized spacial score (nSPS) is 19.3. The van der Waals surface area contributed by atoms with Gasteiger partial charge in [-0.3, -0.25) is 10.1 Å². The minimum absolute atomic E-state index is 0.0468. The van der Waals surface area contributed by atoms with Crippen LogP contribution in [0.3, 0.4) is 0 Å². The maximum Gasteiger partial charge on any atom is 0.321 e. The lowest BCUT2D eigenvalue weighted by Crippen LogP contribution is -2.37. The van der Waals surface area contributed by atoms with Gasteiger partial charge in [-0.1, -0.05) is 41.9 Å². The number of carboxylic acids is 1. The van der Waals surface area contributed by atoms with Gasteiger partial charge in [0, 0.05) is 28.3 Å². The van der Waals surface area contributed by atoms with Gasteiger partial charge in [0.05, 0.1) is 23.0 Å². The second kappa shape index (κ2) is 7.76. The Morgan fingerprint density at radius 3 is 2.63 bits per heavy atom. The summed E-state index contributed by atoms with van der Waals surface area (Å²) in [7, 11) is 0. The Bertz CT molecular complexity index is 944. The molecule has 0 spiro atoms. The second-order valence-electron chi connectivity index (χ2n) is 6.36. The first kappa shape index (κ1) is 18.1. The number of nitrogens with zero attached hydrogens (tertiary/aromatic N) is 2. The standard InChI is InChI=1S/C20H18ClN3O2S/c21-15-8-6-13(7-9-15)19-14(10-18-23-17(12-27-18)20(25)26)11-22-24(19)16-4-2-1-3-5-16/h1-9,11,17-18,23H,10,12H2,(H,25,26). The van der Waals surface area contributed by atoms with E-state index in [1.54, 1.807) is 11.8 Å². The molecule has 2 unspecified atom stereocenters. The third-order valence-electron chi connectivity index (χ3n) is 4.52. The molecule has 0 saturated carbocycles. The highest BCUT2D eigenvalue weighted by atomic mass is 35.5. The topological polar surface area (TPSA) is 67.1 Å². The number of para-hydroxylation sites is 1. The number of carboxylic acid groups (broad SMARTS) is 1. The van der Waals surface area contributed by atoms with Crippen LogP contribution in [0.25, 0.3) is 16.9 Å². The number of thioether (sulfide) groups is 1. The molecular formula is C20H18ClN3O2S. The van der Waals surface area contributed by atoms with E-state index in [9.17, 15) is 9.90 Å². The molecule has 2 aromatic carbocycles. The fraction of sp³-hybridized carbons (Fsp3) is 0.200. The molecule has 4 rings (SSSR count). The van der Waals surface area contributed by atoms with Crippen LogP contribution in [0.15, 0.2) is 60.8 Å². The zero-order valence-corrected chi connectivity index (χ0v) is 16.0. The number of hydrogen-bond acceptors (Lipinski definition) is 4. The van der Waals surface area contributed by atoms with E-state index >= 15 is 0 Å². The Kier molecular flexibility index (Phi) is 5.20. The summed E-state index contributed by atoms with van der Waals surface area (Å²) in [4.78, 5) is 11.2. The number of carbonyl (C=O) groups is 1. The minimum atomic E-state index is -0.803. The van der Waals surface area contributed by atoms with Crippen LogP contribution in [0, 0.1) is 0 Å². The molecule has 1 aromatic heterocycles. The van der Waals surface area contributed by atoms with Crippen LogP contribution in [-0.2, 0) is 11.2 Å². The summed E-state index contributed by atoms with van der Waals surface area (Å²) >= 11 is 7.70. The first-order chi connectivity index (χ1) is 13.1. The third-order valence-corrected chi connectivity index (χ3v) is 6.00.